The average Bonchev–Trinajstić information content (AvgIpc) is 2.05. The Labute approximate surface area is 79.5 Å². The Morgan fingerprint density at radius 2 is 2.17 bits per heavy atom. The number of halogens is 2. The van der Waals surface area contributed by atoms with Crippen molar-refractivity contribution in [2.24, 2.45) is 0 Å². The zero-order valence-electron chi connectivity index (χ0n) is 5.74. The first-order chi connectivity index (χ1) is 5.56. The lowest BCUT2D eigenvalue weighted by molar-refractivity contribution is 0.591. The van der Waals surface area contributed by atoms with Gasteiger partial charge >= 0.3 is 0 Å². The molecule has 0 aliphatic heterocycles. The van der Waals surface area contributed by atoms with Crippen LogP contribution in [0.25, 0.3) is 0 Å². The van der Waals surface area contributed by atoms with Gasteiger partial charge in [0.05, 0.1) is 0 Å². The van der Waals surface area contributed by atoms with Crippen molar-refractivity contribution in [3.05, 3.63) is 17.4 Å². The van der Waals surface area contributed by atoms with E-state index < -0.39 is 15.0 Å². The molecule has 1 aromatic heterocycles. The molecule has 0 saturated heterocycles. The third-order valence-corrected chi connectivity index (χ3v) is 3.13. The van der Waals surface area contributed by atoms with E-state index in [1.807, 2.05) is 0 Å². The molecule has 0 atom stereocenters. The van der Waals surface area contributed by atoms with Crippen LogP contribution in [-0.2, 0) is 9.84 Å². The molecule has 0 radical (unpaired) electrons. The third-order valence-electron chi connectivity index (χ3n) is 1.02. The molecule has 0 fully saturated rings. The van der Waals surface area contributed by atoms with Crippen molar-refractivity contribution in [2.75, 3.05) is 5.21 Å². The van der Waals surface area contributed by atoms with Crippen LogP contribution in [0.15, 0.2) is 17.4 Å². The van der Waals surface area contributed by atoms with Crippen molar-refractivity contribution in [3.63, 3.8) is 0 Å². The van der Waals surface area contributed by atoms with Crippen molar-refractivity contribution in [1.29, 1.82) is 0 Å². The molecular weight excluding hydrogens is 223 g/mol. The van der Waals surface area contributed by atoms with Crippen LogP contribution < -0.4 is 0 Å². The molecule has 7 heteroatoms. The van der Waals surface area contributed by atoms with Crippen LogP contribution in [0.5, 0.6) is 0 Å². The summed E-state index contributed by atoms with van der Waals surface area (Å²) in [6, 6.07) is 1.38. The molecule has 0 amide bonds. The quantitative estimate of drug-likeness (QED) is 0.431. The first-order valence-corrected chi connectivity index (χ1v) is 5.40. The molecule has 0 aliphatic rings. The van der Waals surface area contributed by atoms with Crippen molar-refractivity contribution < 1.29 is 8.42 Å². The molecule has 0 spiro atoms. The number of rotatable bonds is 2. The van der Waals surface area contributed by atoms with Crippen LogP contribution >= 0.6 is 23.2 Å². The van der Waals surface area contributed by atoms with Gasteiger partial charge in [-0.05, 0) is 6.07 Å². The van der Waals surface area contributed by atoms with Crippen molar-refractivity contribution in [3.8, 4) is 0 Å². The first kappa shape index (κ1) is 9.70. The van der Waals surface area contributed by atoms with Crippen LogP contribution in [0.4, 0.5) is 0 Å². The molecule has 0 saturated carbocycles. The Bertz CT molecular complexity index is 379. The van der Waals surface area contributed by atoms with Gasteiger partial charge in [0.1, 0.15) is 10.4 Å². The van der Waals surface area contributed by atoms with E-state index in [0.717, 1.165) is 0 Å². The van der Waals surface area contributed by atoms with Crippen molar-refractivity contribution in [1.82, 2.24) is 9.97 Å². The van der Waals surface area contributed by atoms with E-state index in [9.17, 15) is 8.42 Å². The molecule has 0 aromatic carbocycles. The average molecular weight is 227 g/mol. The monoisotopic (exact) mass is 226 g/mol. The van der Waals surface area contributed by atoms with Gasteiger partial charge in [-0.15, -0.1) is 11.6 Å². The topological polar surface area (TPSA) is 59.9 Å². The van der Waals surface area contributed by atoms with Gasteiger partial charge in [-0.25, -0.2) is 18.4 Å². The summed E-state index contributed by atoms with van der Waals surface area (Å²) in [5, 5.41) is -0.813. The molecule has 0 aliphatic carbocycles. The summed E-state index contributed by atoms with van der Waals surface area (Å²) in [6.07, 6.45) is 1.26. The number of nitrogens with zero attached hydrogens (tertiary/aromatic N) is 2. The molecule has 0 unspecified atom stereocenters. The van der Waals surface area contributed by atoms with Gasteiger partial charge < -0.3 is 0 Å². The summed E-state index contributed by atoms with van der Waals surface area (Å²) in [4.78, 5) is 7.01. The normalized spacial score (nSPS) is 11.5. The van der Waals surface area contributed by atoms with Gasteiger partial charge in [-0.3, -0.25) is 0 Å². The highest BCUT2D eigenvalue weighted by Gasteiger charge is 2.15. The smallest absolute Gasteiger partial charge is 0.227 e. The fourth-order valence-electron chi connectivity index (χ4n) is 0.519. The lowest BCUT2D eigenvalue weighted by atomic mass is 10.7. The summed E-state index contributed by atoms with van der Waals surface area (Å²) in [5.41, 5.74) is 0. The number of hydrogen-bond donors (Lipinski definition) is 0. The molecule has 0 bridgehead atoms. The number of hydrogen-bond acceptors (Lipinski definition) is 4. The number of aromatic nitrogens is 2. The zero-order chi connectivity index (χ0) is 9.19. The molecule has 0 N–H and O–H groups in total. The van der Waals surface area contributed by atoms with Gasteiger partial charge in [0, 0.05) is 6.20 Å². The molecule has 1 aromatic rings. The van der Waals surface area contributed by atoms with E-state index in [1.165, 1.54) is 12.3 Å². The van der Waals surface area contributed by atoms with E-state index in [1.54, 1.807) is 0 Å². The molecule has 1 rings (SSSR count). The Balaban J connectivity index is 3.21. The Hall–Kier alpha value is -0.390. The molecule has 12 heavy (non-hydrogen) atoms. The van der Waals surface area contributed by atoms with Crippen LogP contribution in [-0.4, -0.2) is 23.6 Å². The fourth-order valence-corrected chi connectivity index (χ4v) is 1.55. The number of sulfone groups is 1. The predicted octanol–water partition coefficient (Wildman–Crippen LogP) is 1.10. The van der Waals surface area contributed by atoms with E-state index in [2.05, 4.69) is 9.97 Å². The van der Waals surface area contributed by atoms with Crippen LogP contribution in [0.1, 0.15) is 0 Å². The summed E-state index contributed by atoms with van der Waals surface area (Å²) in [6.45, 7) is 0. The van der Waals surface area contributed by atoms with Gasteiger partial charge in [-0.1, -0.05) is 11.6 Å². The third kappa shape index (κ3) is 2.06. The van der Waals surface area contributed by atoms with Gasteiger partial charge in [0.2, 0.25) is 15.0 Å². The molecule has 4 nitrogen and oxygen atoms in total. The largest absolute Gasteiger partial charge is 0.249 e. The Morgan fingerprint density at radius 1 is 1.50 bits per heavy atom. The van der Waals surface area contributed by atoms with E-state index in [-0.39, 0.29) is 10.3 Å². The maximum atomic E-state index is 11.0. The van der Waals surface area contributed by atoms with E-state index in [4.69, 9.17) is 23.2 Å². The zero-order valence-corrected chi connectivity index (χ0v) is 8.07. The standard InChI is InChI=1S/C5H4Cl2N2O2S/c6-3-12(10,11)5-8-2-1-4(7)9-5/h1-2H,3H2. The van der Waals surface area contributed by atoms with Gasteiger partial charge in [0.25, 0.3) is 0 Å². The minimum atomic E-state index is -3.56. The SMILES string of the molecule is O=S(=O)(CCl)c1nccc(Cl)n1. The van der Waals surface area contributed by atoms with Crippen LogP contribution in [0.2, 0.25) is 5.15 Å². The molecule has 1 heterocycles. The Kier molecular flexibility index (Phi) is 2.87. The summed E-state index contributed by atoms with van der Waals surface area (Å²) >= 11 is 10.6. The summed E-state index contributed by atoms with van der Waals surface area (Å²) < 4.78 is 22.1. The highest BCUT2D eigenvalue weighted by Crippen LogP contribution is 2.09. The highest BCUT2D eigenvalue weighted by atomic mass is 35.5. The van der Waals surface area contributed by atoms with Gasteiger partial charge in [0.15, 0.2) is 0 Å². The maximum absolute atomic E-state index is 11.0. The van der Waals surface area contributed by atoms with Crippen LogP contribution in [0, 0.1) is 0 Å². The predicted molar refractivity (Wildman–Crippen MR) is 44.9 cm³/mol. The minimum Gasteiger partial charge on any atom is -0.227 e. The van der Waals surface area contributed by atoms with E-state index >= 15 is 0 Å². The Morgan fingerprint density at radius 3 is 2.67 bits per heavy atom. The highest BCUT2D eigenvalue weighted by molar-refractivity contribution is 7.92. The second kappa shape index (κ2) is 3.55. The van der Waals surface area contributed by atoms with Crippen molar-refractivity contribution in [2.45, 2.75) is 5.16 Å². The number of alkyl halides is 1. The van der Waals surface area contributed by atoms with E-state index in [0.29, 0.717) is 0 Å². The second-order valence-electron chi connectivity index (χ2n) is 1.89. The van der Waals surface area contributed by atoms with Crippen LogP contribution in [0.3, 0.4) is 0 Å². The molecular formula is C5H4Cl2N2O2S. The lowest BCUT2D eigenvalue weighted by Gasteiger charge is -1.96. The second-order valence-corrected chi connectivity index (χ2v) is 4.74. The fraction of sp³-hybridized carbons (Fsp3) is 0.200. The first-order valence-electron chi connectivity index (χ1n) is 2.83. The summed E-state index contributed by atoms with van der Waals surface area (Å²) in [7, 11) is -3.56. The maximum Gasteiger partial charge on any atom is 0.249 e. The summed E-state index contributed by atoms with van der Waals surface area (Å²) in [5.74, 6) is 0. The molecule has 66 valence electrons. The minimum absolute atomic E-state index is 0.0775. The van der Waals surface area contributed by atoms with Gasteiger partial charge in [-0.2, -0.15) is 0 Å². The lowest BCUT2D eigenvalue weighted by Crippen LogP contribution is -2.06. The van der Waals surface area contributed by atoms with Crippen molar-refractivity contribution >= 4 is 33.0 Å².